The summed E-state index contributed by atoms with van der Waals surface area (Å²) in [6.07, 6.45) is 6.27. The second-order valence-corrected chi connectivity index (χ2v) is 3.29. The zero-order valence-corrected chi connectivity index (χ0v) is 7.48. The zero-order valence-electron chi connectivity index (χ0n) is 7.48. The molecule has 68 valence electrons. The summed E-state index contributed by atoms with van der Waals surface area (Å²) in [7, 11) is 1.82. The molecule has 1 aliphatic carbocycles. The maximum absolute atomic E-state index is 5.55. The van der Waals surface area contributed by atoms with E-state index in [-0.39, 0.29) is 6.10 Å². The molecule has 1 aliphatic heterocycles. The van der Waals surface area contributed by atoms with Crippen LogP contribution < -0.4 is 0 Å². The number of hydrogen-bond donors (Lipinski definition) is 0. The summed E-state index contributed by atoms with van der Waals surface area (Å²) in [6.45, 7) is 0. The molecule has 0 N–H and O–H groups in total. The summed E-state index contributed by atoms with van der Waals surface area (Å²) in [5.41, 5.74) is 0. The van der Waals surface area contributed by atoms with E-state index < -0.39 is 7.32 Å². The fourth-order valence-corrected chi connectivity index (χ4v) is 1.63. The molecule has 2 fully saturated rings. The Balaban J connectivity index is 1.69. The van der Waals surface area contributed by atoms with Gasteiger partial charge in [0.15, 0.2) is 0 Å². The van der Waals surface area contributed by atoms with Crippen molar-refractivity contribution >= 4 is 22.7 Å². The second kappa shape index (κ2) is 5.05. The molecule has 0 amide bonds. The molecule has 0 bridgehead atoms. The molecule has 1 saturated carbocycles. The lowest BCUT2D eigenvalue weighted by Crippen LogP contribution is -2.40. The van der Waals surface area contributed by atoms with E-state index in [1.807, 2.05) is 0 Å². The van der Waals surface area contributed by atoms with E-state index in [1.165, 1.54) is 34.6 Å². The van der Waals surface area contributed by atoms with Crippen molar-refractivity contribution in [2.75, 3.05) is 0 Å². The first-order chi connectivity index (χ1) is 6.45. The SMILES string of the molecule is [B]1O[B]OB(OC2CCCCC2)O1. The summed E-state index contributed by atoms with van der Waals surface area (Å²) in [4.78, 5) is 0. The Morgan fingerprint density at radius 3 is 2.46 bits per heavy atom. The van der Waals surface area contributed by atoms with Crippen molar-refractivity contribution in [1.82, 2.24) is 0 Å². The van der Waals surface area contributed by atoms with Crippen molar-refractivity contribution in [1.29, 1.82) is 0 Å². The molecule has 4 nitrogen and oxygen atoms in total. The van der Waals surface area contributed by atoms with E-state index in [1.54, 1.807) is 0 Å². The quantitative estimate of drug-likeness (QED) is 0.577. The van der Waals surface area contributed by atoms with Gasteiger partial charge in [-0.05, 0) is 12.8 Å². The maximum atomic E-state index is 5.55. The highest BCUT2D eigenvalue weighted by atomic mass is 16.8. The molecule has 0 aromatic rings. The van der Waals surface area contributed by atoms with Gasteiger partial charge in [-0.15, -0.1) is 0 Å². The second-order valence-electron chi connectivity index (χ2n) is 3.29. The smallest absolute Gasteiger partial charge is 0.457 e. The molecule has 0 aromatic heterocycles. The Morgan fingerprint density at radius 2 is 1.77 bits per heavy atom. The minimum absolute atomic E-state index is 0.277. The molecular formula is C6H11B3O4. The fourth-order valence-electron chi connectivity index (χ4n) is 1.63. The lowest BCUT2D eigenvalue weighted by molar-refractivity contribution is 0.0879. The van der Waals surface area contributed by atoms with E-state index in [9.17, 15) is 0 Å². The topological polar surface area (TPSA) is 36.9 Å². The highest BCUT2D eigenvalue weighted by Gasteiger charge is 2.30. The summed E-state index contributed by atoms with van der Waals surface area (Å²) < 4.78 is 20.1. The van der Waals surface area contributed by atoms with Gasteiger partial charge in [0, 0.05) is 6.10 Å². The van der Waals surface area contributed by atoms with E-state index in [4.69, 9.17) is 13.8 Å². The van der Waals surface area contributed by atoms with Gasteiger partial charge in [-0.3, -0.25) is 0 Å². The van der Waals surface area contributed by atoms with E-state index in [0.717, 1.165) is 12.8 Å². The first-order valence-electron chi connectivity index (χ1n) is 4.70. The highest BCUT2D eigenvalue weighted by Crippen LogP contribution is 2.21. The summed E-state index contributed by atoms with van der Waals surface area (Å²) in [6, 6.07) is 0. The van der Waals surface area contributed by atoms with Crippen LogP contribution in [0.3, 0.4) is 0 Å². The fraction of sp³-hybridized carbons (Fsp3) is 1.00. The zero-order chi connectivity index (χ0) is 8.93. The van der Waals surface area contributed by atoms with Gasteiger partial charge in [-0.25, -0.2) is 0 Å². The van der Waals surface area contributed by atoms with Crippen LogP contribution in [0, 0.1) is 0 Å². The van der Waals surface area contributed by atoms with Gasteiger partial charge in [0.05, 0.1) is 0 Å². The number of hydrogen-bond acceptors (Lipinski definition) is 4. The van der Waals surface area contributed by atoms with Crippen LogP contribution in [0.5, 0.6) is 0 Å². The predicted molar refractivity (Wildman–Crippen MR) is 48.5 cm³/mol. The Bertz CT molecular complexity index is 131. The van der Waals surface area contributed by atoms with Gasteiger partial charge >= 0.3 is 22.7 Å². The first-order valence-corrected chi connectivity index (χ1v) is 4.70. The Kier molecular flexibility index (Phi) is 3.72. The number of rotatable bonds is 2. The van der Waals surface area contributed by atoms with Crippen LogP contribution in [-0.2, 0) is 18.4 Å². The summed E-state index contributed by atoms with van der Waals surface area (Å²) in [5, 5.41) is 0. The van der Waals surface area contributed by atoms with Crippen LogP contribution in [0.25, 0.3) is 0 Å². The molecule has 0 aromatic carbocycles. The highest BCUT2D eigenvalue weighted by molar-refractivity contribution is 6.57. The van der Waals surface area contributed by atoms with Gasteiger partial charge < -0.3 is 18.4 Å². The largest absolute Gasteiger partial charge is 0.611 e. The molecule has 13 heavy (non-hydrogen) atoms. The van der Waals surface area contributed by atoms with Gasteiger partial charge in [0.2, 0.25) is 0 Å². The Hall–Kier alpha value is 0.0348. The van der Waals surface area contributed by atoms with Crippen molar-refractivity contribution in [3.63, 3.8) is 0 Å². The maximum Gasteiger partial charge on any atom is 0.611 e. The van der Waals surface area contributed by atoms with Gasteiger partial charge in [0.1, 0.15) is 0 Å². The van der Waals surface area contributed by atoms with Crippen molar-refractivity contribution in [2.24, 2.45) is 0 Å². The molecule has 0 atom stereocenters. The predicted octanol–water partition coefficient (Wildman–Crippen LogP) is 0.452. The Morgan fingerprint density at radius 1 is 1.08 bits per heavy atom. The third-order valence-corrected chi connectivity index (χ3v) is 2.30. The van der Waals surface area contributed by atoms with Crippen LogP contribution in [-0.4, -0.2) is 28.8 Å². The lowest BCUT2D eigenvalue weighted by atomic mass is 9.96. The molecule has 0 spiro atoms. The minimum Gasteiger partial charge on any atom is -0.457 e. The van der Waals surface area contributed by atoms with Gasteiger partial charge in [0.25, 0.3) is 0 Å². The van der Waals surface area contributed by atoms with Crippen LogP contribution in [0.15, 0.2) is 0 Å². The first kappa shape index (κ1) is 9.58. The molecule has 2 rings (SSSR count). The van der Waals surface area contributed by atoms with Crippen molar-refractivity contribution in [2.45, 2.75) is 38.2 Å². The molecular weight excluding hydrogens is 168 g/mol. The van der Waals surface area contributed by atoms with Crippen molar-refractivity contribution < 1.29 is 18.4 Å². The van der Waals surface area contributed by atoms with Crippen LogP contribution >= 0.6 is 0 Å². The van der Waals surface area contributed by atoms with Crippen molar-refractivity contribution in [3.05, 3.63) is 0 Å². The third-order valence-electron chi connectivity index (χ3n) is 2.30. The third kappa shape index (κ3) is 3.02. The molecule has 1 heterocycles. The molecule has 2 aliphatic rings. The lowest BCUT2D eigenvalue weighted by Gasteiger charge is -2.26. The molecule has 1 saturated heterocycles. The Labute approximate surface area is 80.0 Å². The molecule has 2 radical (unpaired) electrons. The molecule has 0 unspecified atom stereocenters. The average Bonchev–Trinajstić information content (AvgIpc) is 2.21. The normalized spacial score (nSPS) is 25.1. The van der Waals surface area contributed by atoms with E-state index in [0.29, 0.717) is 0 Å². The van der Waals surface area contributed by atoms with E-state index in [2.05, 4.69) is 4.57 Å². The van der Waals surface area contributed by atoms with Gasteiger partial charge in [-0.1, -0.05) is 19.3 Å². The monoisotopic (exact) mass is 180 g/mol. The summed E-state index contributed by atoms with van der Waals surface area (Å²) in [5.74, 6) is 0. The van der Waals surface area contributed by atoms with Crippen molar-refractivity contribution in [3.8, 4) is 0 Å². The summed E-state index contributed by atoms with van der Waals surface area (Å²) >= 11 is 0. The van der Waals surface area contributed by atoms with Crippen LogP contribution in [0.1, 0.15) is 32.1 Å². The van der Waals surface area contributed by atoms with E-state index >= 15 is 0 Å². The minimum atomic E-state index is -0.614. The molecule has 7 heteroatoms. The van der Waals surface area contributed by atoms with Crippen LogP contribution in [0.4, 0.5) is 0 Å². The standard InChI is InChI=1S/C6H11B3O4/c1-2-4-6(5-3-1)10-9-12-7-11-8-13-9/h6H,1-5H2. The average molecular weight is 180 g/mol. The van der Waals surface area contributed by atoms with Gasteiger partial charge in [-0.2, -0.15) is 0 Å². The van der Waals surface area contributed by atoms with Crippen LogP contribution in [0.2, 0.25) is 0 Å².